The topological polar surface area (TPSA) is 85.0 Å². The van der Waals surface area contributed by atoms with E-state index in [0.29, 0.717) is 17.5 Å². The number of likely N-dealkylation sites (tertiary alicyclic amines) is 1. The molecule has 1 saturated carbocycles. The van der Waals surface area contributed by atoms with Crippen molar-refractivity contribution in [1.82, 2.24) is 20.4 Å². The summed E-state index contributed by atoms with van der Waals surface area (Å²) in [5, 5.41) is 5.84. The molecule has 0 bridgehead atoms. The number of rotatable bonds is 5. The second-order valence-electron chi connectivity index (χ2n) is 11.2. The predicted octanol–water partition coefficient (Wildman–Crippen LogP) is 3.01. The Morgan fingerprint density at radius 3 is 2.39 bits per heavy atom. The molecule has 1 spiro atoms. The van der Waals surface area contributed by atoms with Crippen LogP contribution < -0.4 is 15.5 Å². The quantitative estimate of drug-likeness (QED) is 0.656. The number of anilines is 1. The van der Waals surface area contributed by atoms with Crippen LogP contribution >= 0.6 is 0 Å². The van der Waals surface area contributed by atoms with Gasteiger partial charge in [-0.05, 0) is 74.0 Å². The molecule has 8 heteroatoms. The summed E-state index contributed by atoms with van der Waals surface area (Å²) >= 11 is 0. The number of hydrogen-bond donors (Lipinski definition) is 2. The van der Waals surface area contributed by atoms with Gasteiger partial charge in [0.15, 0.2) is 0 Å². The van der Waals surface area contributed by atoms with Gasteiger partial charge < -0.3 is 15.1 Å². The molecule has 2 N–H and O–H groups in total. The van der Waals surface area contributed by atoms with Gasteiger partial charge in [0.2, 0.25) is 5.91 Å². The number of amides is 4. The number of piperazine rings is 1. The molecule has 4 fully saturated rings. The third-order valence-electron chi connectivity index (χ3n) is 9.06. The normalized spacial score (nSPS) is 23.7. The van der Waals surface area contributed by atoms with E-state index in [9.17, 15) is 14.4 Å². The highest BCUT2D eigenvalue weighted by Gasteiger charge is 2.39. The molecule has 0 radical (unpaired) electrons. The van der Waals surface area contributed by atoms with Crippen molar-refractivity contribution in [3.63, 3.8) is 0 Å². The van der Waals surface area contributed by atoms with Crippen LogP contribution in [0, 0.1) is 11.3 Å². The highest BCUT2D eigenvalue weighted by molar-refractivity contribution is 6.06. The van der Waals surface area contributed by atoms with Gasteiger partial charge >= 0.3 is 6.03 Å². The van der Waals surface area contributed by atoms with Crippen molar-refractivity contribution >= 4 is 23.5 Å². The fraction of sp³-hybridized carbons (Fsp3) is 0.679. The zero-order valence-electron chi connectivity index (χ0n) is 21.7. The lowest BCUT2D eigenvalue weighted by Crippen LogP contribution is -2.50. The van der Waals surface area contributed by atoms with Crippen molar-refractivity contribution in [2.75, 3.05) is 57.3 Å². The van der Waals surface area contributed by atoms with Gasteiger partial charge in [-0.2, -0.15) is 0 Å². The van der Waals surface area contributed by atoms with Crippen molar-refractivity contribution in [3.05, 3.63) is 29.3 Å². The van der Waals surface area contributed by atoms with E-state index in [0.717, 1.165) is 62.6 Å². The largest absolute Gasteiger partial charge is 0.339 e. The minimum atomic E-state index is -0.405. The van der Waals surface area contributed by atoms with Crippen LogP contribution in [0.1, 0.15) is 67.8 Å². The van der Waals surface area contributed by atoms with E-state index in [1.807, 2.05) is 30.0 Å². The Morgan fingerprint density at radius 2 is 1.72 bits per heavy atom. The van der Waals surface area contributed by atoms with Crippen LogP contribution in [-0.2, 0) is 11.2 Å². The van der Waals surface area contributed by atoms with Gasteiger partial charge in [-0.1, -0.05) is 13.0 Å². The van der Waals surface area contributed by atoms with E-state index in [2.05, 4.69) is 15.5 Å². The Hall–Kier alpha value is -2.45. The molecule has 36 heavy (non-hydrogen) atoms. The van der Waals surface area contributed by atoms with Crippen molar-refractivity contribution in [3.8, 4) is 0 Å². The summed E-state index contributed by atoms with van der Waals surface area (Å²) < 4.78 is 0. The standard InChI is InChI=1S/C28H41N5O3/c1-2-22-3-4-23(19-24(22)33-14-7-25(34)30-27(33)36)26(35)32-15-10-28(11-16-32)8-5-21(6-9-28)20-31-17-12-29-13-18-31/h3-4,19,21,29H,2,5-18,20H2,1H3,(H,30,34,36). The summed E-state index contributed by atoms with van der Waals surface area (Å²) in [5.74, 6) is 0.627. The minimum Gasteiger partial charge on any atom is -0.339 e. The molecule has 196 valence electrons. The van der Waals surface area contributed by atoms with E-state index < -0.39 is 6.03 Å². The van der Waals surface area contributed by atoms with Crippen molar-refractivity contribution in [2.45, 2.75) is 58.3 Å². The highest BCUT2D eigenvalue weighted by Crippen LogP contribution is 2.46. The number of hydrogen-bond acceptors (Lipinski definition) is 5. The Labute approximate surface area is 214 Å². The third-order valence-corrected chi connectivity index (χ3v) is 9.06. The van der Waals surface area contributed by atoms with Gasteiger partial charge in [0.1, 0.15) is 0 Å². The van der Waals surface area contributed by atoms with Crippen molar-refractivity contribution in [2.24, 2.45) is 11.3 Å². The van der Waals surface area contributed by atoms with Crippen LogP contribution in [-0.4, -0.2) is 80.0 Å². The van der Waals surface area contributed by atoms with E-state index in [-0.39, 0.29) is 18.2 Å². The number of imide groups is 1. The number of urea groups is 1. The van der Waals surface area contributed by atoms with Crippen molar-refractivity contribution < 1.29 is 14.4 Å². The Balaban J connectivity index is 1.18. The molecule has 0 unspecified atom stereocenters. The Kier molecular flexibility index (Phi) is 7.62. The van der Waals surface area contributed by atoms with Crippen molar-refractivity contribution in [1.29, 1.82) is 0 Å². The average Bonchev–Trinajstić information content (AvgIpc) is 2.90. The smallest absolute Gasteiger partial charge is 0.328 e. The molecule has 1 aliphatic carbocycles. The van der Waals surface area contributed by atoms with E-state index in [4.69, 9.17) is 0 Å². The number of nitrogens with zero attached hydrogens (tertiary/aromatic N) is 3. The SMILES string of the molecule is CCc1ccc(C(=O)N2CCC3(CCC(CN4CCNCC4)CC3)CC2)cc1N1CCC(=O)NC1=O. The van der Waals surface area contributed by atoms with E-state index in [1.165, 1.54) is 45.3 Å². The molecule has 4 aliphatic rings. The molecular weight excluding hydrogens is 454 g/mol. The summed E-state index contributed by atoms with van der Waals surface area (Å²) in [6.45, 7) is 9.85. The summed E-state index contributed by atoms with van der Waals surface area (Å²) in [6.07, 6.45) is 8.44. The van der Waals surface area contributed by atoms with Gasteiger partial charge in [-0.15, -0.1) is 0 Å². The maximum Gasteiger partial charge on any atom is 0.328 e. The molecule has 0 atom stereocenters. The Bertz CT molecular complexity index is 971. The predicted molar refractivity (Wildman–Crippen MR) is 140 cm³/mol. The Morgan fingerprint density at radius 1 is 1.00 bits per heavy atom. The first-order valence-electron chi connectivity index (χ1n) is 13.9. The van der Waals surface area contributed by atoms with Crippen LogP contribution in [0.25, 0.3) is 0 Å². The third kappa shape index (κ3) is 5.44. The molecular formula is C28H41N5O3. The number of carbonyl (C=O) groups is 3. The highest BCUT2D eigenvalue weighted by atomic mass is 16.2. The van der Waals surface area contributed by atoms with Crippen LogP contribution in [0.4, 0.5) is 10.5 Å². The summed E-state index contributed by atoms with van der Waals surface area (Å²) in [4.78, 5) is 43.7. The first-order valence-corrected chi connectivity index (χ1v) is 13.9. The maximum absolute atomic E-state index is 13.5. The fourth-order valence-corrected chi connectivity index (χ4v) is 6.64. The number of carbonyl (C=O) groups excluding carboxylic acids is 3. The molecule has 4 amide bonds. The molecule has 3 heterocycles. The molecule has 8 nitrogen and oxygen atoms in total. The van der Waals surface area contributed by atoms with Gasteiger partial charge in [-0.25, -0.2) is 4.79 Å². The zero-order valence-corrected chi connectivity index (χ0v) is 21.7. The van der Waals surface area contributed by atoms with Crippen LogP contribution in [0.2, 0.25) is 0 Å². The van der Waals surface area contributed by atoms with Gasteiger partial charge in [0, 0.05) is 70.0 Å². The lowest BCUT2D eigenvalue weighted by molar-refractivity contribution is -0.120. The lowest BCUT2D eigenvalue weighted by atomic mass is 9.65. The minimum absolute atomic E-state index is 0.0506. The van der Waals surface area contributed by atoms with E-state index in [1.54, 1.807) is 4.90 Å². The fourth-order valence-electron chi connectivity index (χ4n) is 6.64. The first kappa shape index (κ1) is 25.2. The molecule has 3 aliphatic heterocycles. The summed E-state index contributed by atoms with van der Waals surface area (Å²) in [5.41, 5.74) is 2.78. The van der Waals surface area contributed by atoms with E-state index >= 15 is 0 Å². The number of nitrogens with one attached hydrogen (secondary N) is 2. The number of aryl methyl sites for hydroxylation is 1. The zero-order chi connectivity index (χ0) is 25.1. The van der Waals surface area contributed by atoms with Crippen LogP contribution in [0.5, 0.6) is 0 Å². The second-order valence-corrected chi connectivity index (χ2v) is 11.2. The number of benzene rings is 1. The summed E-state index contributed by atoms with van der Waals surface area (Å²) in [6, 6.07) is 5.29. The summed E-state index contributed by atoms with van der Waals surface area (Å²) in [7, 11) is 0. The molecule has 0 aromatic heterocycles. The lowest BCUT2D eigenvalue weighted by Gasteiger charge is -2.46. The molecule has 1 aromatic rings. The molecule has 5 rings (SSSR count). The average molecular weight is 496 g/mol. The first-order chi connectivity index (χ1) is 17.5. The van der Waals surface area contributed by atoms with Crippen LogP contribution in [0.15, 0.2) is 18.2 Å². The van der Waals surface area contributed by atoms with Gasteiger partial charge in [-0.3, -0.25) is 19.8 Å². The van der Waals surface area contributed by atoms with Gasteiger partial charge in [0.25, 0.3) is 5.91 Å². The van der Waals surface area contributed by atoms with Crippen LogP contribution in [0.3, 0.4) is 0 Å². The molecule has 3 saturated heterocycles. The number of piperidine rings is 1. The van der Waals surface area contributed by atoms with Gasteiger partial charge in [0.05, 0.1) is 0 Å². The maximum atomic E-state index is 13.5. The monoisotopic (exact) mass is 495 g/mol. The second kappa shape index (κ2) is 10.9. The molecule has 1 aromatic carbocycles.